The van der Waals surface area contributed by atoms with Crippen molar-refractivity contribution >= 4 is 17.3 Å². The fourth-order valence-corrected chi connectivity index (χ4v) is 3.72. The van der Waals surface area contributed by atoms with Gasteiger partial charge in [0.05, 0.1) is 21.9 Å². The first-order valence-electron chi connectivity index (χ1n) is 9.38. The molecule has 0 fully saturated rings. The summed E-state index contributed by atoms with van der Waals surface area (Å²) in [6, 6.07) is 10.5. The number of rotatable bonds is 4. The molecule has 0 radical (unpaired) electrons. The Balaban J connectivity index is 1.72. The van der Waals surface area contributed by atoms with Gasteiger partial charge in [-0.05, 0) is 62.9 Å². The van der Waals surface area contributed by atoms with Gasteiger partial charge in [-0.2, -0.15) is 5.10 Å². The van der Waals surface area contributed by atoms with Crippen molar-refractivity contribution in [2.24, 2.45) is 0 Å². The summed E-state index contributed by atoms with van der Waals surface area (Å²) in [5, 5.41) is 18.4. The molecule has 4 rings (SSSR count). The van der Waals surface area contributed by atoms with E-state index >= 15 is 0 Å². The van der Waals surface area contributed by atoms with Gasteiger partial charge < -0.3 is 5.32 Å². The van der Waals surface area contributed by atoms with E-state index in [0.29, 0.717) is 22.6 Å². The Morgan fingerprint density at radius 1 is 1.17 bits per heavy atom. The zero-order chi connectivity index (χ0) is 20.5. The molecule has 8 heteroatoms. The molecule has 0 unspecified atom stereocenters. The standard InChI is InChI=1S/C21H19FN4O3/c1-13-17(6-4-8-18(13)26(28)29)23-21(27)20-16-5-2-3-7-19(16)25(24-20)15-11-9-14(22)10-12-15/h4,6,8-12H,2-3,5,7H2,1H3,(H,23,27). The Hall–Kier alpha value is -3.55. The van der Waals surface area contributed by atoms with E-state index < -0.39 is 10.8 Å². The molecular weight excluding hydrogens is 375 g/mol. The maximum Gasteiger partial charge on any atom is 0.276 e. The van der Waals surface area contributed by atoms with E-state index in [1.807, 2.05) is 0 Å². The van der Waals surface area contributed by atoms with E-state index in [9.17, 15) is 19.3 Å². The first kappa shape index (κ1) is 18.8. The topological polar surface area (TPSA) is 90.1 Å². The molecule has 1 N–H and O–H groups in total. The van der Waals surface area contributed by atoms with Gasteiger partial charge in [0.1, 0.15) is 5.82 Å². The smallest absolute Gasteiger partial charge is 0.276 e. The molecule has 2 aromatic carbocycles. The van der Waals surface area contributed by atoms with Gasteiger partial charge in [0.15, 0.2) is 5.69 Å². The number of carbonyl (C=O) groups excluding carboxylic acids is 1. The van der Waals surface area contributed by atoms with Crippen molar-refractivity contribution in [1.82, 2.24) is 9.78 Å². The highest BCUT2D eigenvalue weighted by molar-refractivity contribution is 6.04. The zero-order valence-electron chi connectivity index (χ0n) is 15.8. The number of halogens is 1. The highest BCUT2D eigenvalue weighted by atomic mass is 19.1. The Bertz CT molecular complexity index is 1110. The maximum absolute atomic E-state index is 13.3. The van der Waals surface area contributed by atoms with Crippen LogP contribution in [0.15, 0.2) is 42.5 Å². The van der Waals surface area contributed by atoms with Crippen LogP contribution in [0.3, 0.4) is 0 Å². The zero-order valence-corrected chi connectivity index (χ0v) is 15.8. The number of hydrogen-bond donors (Lipinski definition) is 1. The molecule has 1 aromatic heterocycles. The van der Waals surface area contributed by atoms with Gasteiger partial charge >= 0.3 is 0 Å². The fraction of sp³-hybridized carbons (Fsp3) is 0.238. The van der Waals surface area contributed by atoms with Crippen LogP contribution in [-0.2, 0) is 12.8 Å². The van der Waals surface area contributed by atoms with Crippen LogP contribution in [0.25, 0.3) is 5.69 Å². The number of nitrogens with zero attached hydrogens (tertiary/aromatic N) is 3. The highest BCUT2D eigenvalue weighted by Crippen LogP contribution is 2.29. The SMILES string of the molecule is Cc1c(NC(=O)c2nn(-c3ccc(F)cc3)c3c2CCCC3)cccc1[N+](=O)[O-]. The lowest BCUT2D eigenvalue weighted by atomic mass is 9.95. The van der Waals surface area contributed by atoms with E-state index in [1.54, 1.807) is 29.8 Å². The lowest BCUT2D eigenvalue weighted by Crippen LogP contribution is -2.16. The molecule has 0 spiro atoms. The second-order valence-electron chi connectivity index (χ2n) is 7.03. The quantitative estimate of drug-likeness (QED) is 0.526. The second kappa shape index (κ2) is 7.46. The van der Waals surface area contributed by atoms with Gasteiger partial charge in [0.2, 0.25) is 0 Å². The molecule has 1 heterocycles. The minimum absolute atomic E-state index is 0.0540. The summed E-state index contributed by atoms with van der Waals surface area (Å²) in [7, 11) is 0. The molecule has 1 amide bonds. The predicted molar refractivity (Wildman–Crippen MR) is 106 cm³/mol. The fourth-order valence-electron chi connectivity index (χ4n) is 3.72. The van der Waals surface area contributed by atoms with Gasteiger partial charge in [0, 0.05) is 17.3 Å². The first-order chi connectivity index (χ1) is 14.0. The average Bonchev–Trinajstić information content (AvgIpc) is 3.10. The van der Waals surface area contributed by atoms with Crippen molar-refractivity contribution in [1.29, 1.82) is 0 Å². The number of benzene rings is 2. The van der Waals surface area contributed by atoms with Gasteiger partial charge in [0.25, 0.3) is 11.6 Å². The van der Waals surface area contributed by atoms with Crippen molar-refractivity contribution < 1.29 is 14.1 Å². The summed E-state index contributed by atoms with van der Waals surface area (Å²) >= 11 is 0. The van der Waals surface area contributed by atoms with Crippen molar-refractivity contribution in [2.45, 2.75) is 32.6 Å². The molecule has 29 heavy (non-hydrogen) atoms. The number of carbonyl (C=O) groups is 1. The highest BCUT2D eigenvalue weighted by Gasteiger charge is 2.26. The van der Waals surface area contributed by atoms with E-state index in [1.165, 1.54) is 24.3 Å². The number of amides is 1. The van der Waals surface area contributed by atoms with Crippen LogP contribution in [0.4, 0.5) is 15.8 Å². The van der Waals surface area contributed by atoms with Gasteiger partial charge in [-0.25, -0.2) is 9.07 Å². The van der Waals surface area contributed by atoms with Gasteiger partial charge in [-0.3, -0.25) is 14.9 Å². The van der Waals surface area contributed by atoms with Crippen LogP contribution >= 0.6 is 0 Å². The third-order valence-electron chi connectivity index (χ3n) is 5.22. The number of fused-ring (bicyclic) bond motifs is 1. The molecule has 1 aliphatic rings. The minimum Gasteiger partial charge on any atom is -0.320 e. The molecule has 0 saturated heterocycles. The largest absolute Gasteiger partial charge is 0.320 e. The van der Waals surface area contributed by atoms with Crippen LogP contribution in [0.2, 0.25) is 0 Å². The predicted octanol–water partition coefficient (Wildman–Crippen LogP) is 4.36. The Morgan fingerprint density at radius 2 is 1.90 bits per heavy atom. The third kappa shape index (κ3) is 3.49. The summed E-state index contributed by atoms with van der Waals surface area (Å²) in [6.07, 6.45) is 3.46. The molecular formula is C21H19FN4O3. The molecule has 7 nitrogen and oxygen atoms in total. The maximum atomic E-state index is 13.3. The summed E-state index contributed by atoms with van der Waals surface area (Å²) in [4.78, 5) is 23.7. The summed E-state index contributed by atoms with van der Waals surface area (Å²) in [5.74, 6) is -0.749. The van der Waals surface area contributed by atoms with Crippen molar-refractivity contribution in [3.05, 3.63) is 80.9 Å². The molecule has 0 atom stereocenters. The van der Waals surface area contributed by atoms with E-state index in [-0.39, 0.29) is 11.5 Å². The number of hydrogen-bond acceptors (Lipinski definition) is 4. The molecule has 1 aliphatic carbocycles. The number of nitrogens with one attached hydrogen (secondary N) is 1. The molecule has 0 aliphatic heterocycles. The number of anilines is 1. The van der Waals surface area contributed by atoms with Crippen LogP contribution in [0.1, 0.15) is 40.2 Å². The van der Waals surface area contributed by atoms with Crippen LogP contribution in [0, 0.1) is 22.9 Å². The number of nitro benzene ring substituents is 1. The van der Waals surface area contributed by atoms with Gasteiger partial charge in [-0.15, -0.1) is 0 Å². The van der Waals surface area contributed by atoms with E-state index in [4.69, 9.17) is 0 Å². The summed E-state index contributed by atoms with van der Waals surface area (Å²) < 4.78 is 15.0. The van der Waals surface area contributed by atoms with E-state index in [2.05, 4.69) is 10.4 Å². The lowest BCUT2D eigenvalue weighted by Gasteiger charge is -2.14. The van der Waals surface area contributed by atoms with Crippen molar-refractivity contribution in [3.8, 4) is 5.69 Å². The number of nitro groups is 1. The van der Waals surface area contributed by atoms with Crippen LogP contribution < -0.4 is 5.32 Å². The second-order valence-corrected chi connectivity index (χ2v) is 7.03. The Labute approximate surface area is 166 Å². The number of aromatic nitrogens is 2. The first-order valence-corrected chi connectivity index (χ1v) is 9.38. The van der Waals surface area contributed by atoms with Crippen molar-refractivity contribution in [2.75, 3.05) is 5.32 Å². The molecule has 3 aromatic rings. The Morgan fingerprint density at radius 3 is 2.62 bits per heavy atom. The van der Waals surface area contributed by atoms with Crippen LogP contribution in [0.5, 0.6) is 0 Å². The van der Waals surface area contributed by atoms with Crippen molar-refractivity contribution in [3.63, 3.8) is 0 Å². The minimum atomic E-state index is -0.476. The lowest BCUT2D eigenvalue weighted by molar-refractivity contribution is -0.385. The molecule has 148 valence electrons. The third-order valence-corrected chi connectivity index (χ3v) is 5.22. The summed E-state index contributed by atoms with van der Waals surface area (Å²) in [5.41, 5.74) is 3.53. The van der Waals surface area contributed by atoms with Gasteiger partial charge in [-0.1, -0.05) is 6.07 Å². The normalized spacial score (nSPS) is 13.0. The molecule has 0 saturated carbocycles. The van der Waals surface area contributed by atoms with Crippen LogP contribution in [-0.4, -0.2) is 20.6 Å². The average molecular weight is 394 g/mol. The monoisotopic (exact) mass is 394 g/mol. The molecule has 0 bridgehead atoms. The summed E-state index contributed by atoms with van der Waals surface area (Å²) in [6.45, 7) is 1.60. The van der Waals surface area contributed by atoms with E-state index in [0.717, 1.165) is 36.9 Å². The Kier molecular flexibility index (Phi) is 4.84.